The van der Waals surface area contributed by atoms with E-state index in [1.165, 1.54) is 16.7 Å². The van der Waals surface area contributed by atoms with E-state index in [9.17, 15) is 4.79 Å². The molecular formula is C31H30N4O3. The second kappa shape index (κ2) is 10.8. The van der Waals surface area contributed by atoms with Crippen LogP contribution in [0.15, 0.2) is 102 Å². The molecule has 0 atom stereocenters. The van der Waals surface area contributed by atoms with Crippen LogP contribution >= 0.6 is 0 Å². The standard InChI is InChI=1S/C31H30N4O3/c1-22-9-7-8-10-23(22)19-35-21-32-30(34-35)33-29(36)28-18-17-27(38-28)20-37-26-15-13-25(14-16-26)31(2,3)24-11-5-4-6-12-24/h4-18,21H,19-20H2,1-3H3,(H,33,34,36). The van der Waals surface area contributed by atoms with E-state index >= 15 is 0 Å². The van der Waals surface area contributed by atoms with Gasteiger partial charge in [0.05, 0.1) is 6.54 Å². The quantitative estimate of drug-likeness (QED) is 0.251. The second-order valence-electron chi connectivity index (χ2n) is 9.72. The van der Waals surface area contributed by atoms with Crippen LogP contribution in [0.2, 0.25) is 0 Å². The molecule has 0 saturated carbocycles. The summed E-state index contributed by atoms with van der Waals surface area (Å²) < 4.78 is 13.3. The molecule has 7 heteroatoms. The lowest BCUT2D eigenvalue weighted by atomic mass is 9.78. The van der Waals surface area contributed by atoms with E-state index in [2.05, 4.69) is 78.6 Å². The lowest BCUT2D eigenvalue weighted by molar-refractivity contribution is 0.0991. The molecule has 0 radical (unpaired) electrons. The smallest absolute Gasteiger partial charge is 0.293 e. The Morgan fingerprint density at radius 1 is 0.921 bits per heavy atom. The van der Waals surface area contributed by atoms with Gasteiger partial charge in [0, 0.05) is 5.41 Å². The number of furan rings is 1. The van der Waals surface area contributed by atoms with Crippen molar-refractivity contribution >= 4 is 11.9 Å². The highest BCUT2D eigenvalue weighted by Crippen LogP contribution is 2.32. The van der Waals surface area contributed by atoms with Crippen LogP contribution in [0.5, 0.6) is 5.75 Å². The van der Waals surface area contributed by atoms with E-state index in [0.29, 0.717) is 12.3 Å². The maximum atomic E-state index is 12.6. The van der Waals surface area contributed by atoms with Crippen molar-refractivity contribution in [3.8, 4) is 5.75 Å². The Hall–Kier alpha value is -4.65. The van der Waals surface area contributed by atoms with Gasteiger partial charge in [0.1, 0.15) is 24.4 Å². The van der Waals surface area contributed by atoms with Gasteiger partial charge in [-0.15, -0.1) is 5.10 Å². The van der Waals surface area contributed by atoms with Gasteiger partial charge in [0.2, 0.25) is 5.95 Å². The molecule has 0 bridgehead atoms. The van der Waals surface area contributed by atoms with Gasteiger partial charge in [-0.25, -0.2) is 9.67 Å². The minimum Gasteiger partial charge on any atom is -0.486 e. The van der Waals surface area contributed by atoms with Gasteiger partial charge >= 0.3 is 0 Å². The highest BCUT2D eigenvalue weighted by molar-refractivity contribution is 6.01. The first kappa shape index (κ1) is 25.0. The number of ether oxygens (including phenoxy) is 1. The van der Waals surface area contributed by atoms with Crippen LogP contribution in [0.1, 0.15) is 52.4 Å². The first-order chi connectivity index (χ1) is 18.4. The van der Waals surface area contributed by atoms with Gasteiger partial charge < -0.3 is 9.15 Å². The number of hydrogen-bond acceptors (Lipinski definition) is 5. The Morgan fingerprint density at radius 2 is 1.63 bits per heavy atom. The molecule has 0 aliphatic rings. The summed E-state index contributed by atoms with van der Waals surface area (Å²) in [6.07, 6.45) is 1.59. The van der Waals surface area contributed by atoms with Crippen LogP contribution in [0.25, 0.3) is 0 Å². The molecule has 3 aromatic carbocycles. The van der Waals surface area contributed by atoms with Crippen LogP contribution in [-0.2, 0) is 18.6 Å². The Balaban J connectivity index is 1.15. The minimum atomic E-state index is -0.419. The lowest BCUT2D eigenvalue weighted by Gasteiger charge is -2.26. The number of carbonyl (C=O) groups excluding carboxylic acids is 1. The fourth-order valence-corrected chi connectivity index (χ4v) is 4.27. The fraction of sp³-hybridized carbons (Fsp3) is 0.194. The van der Waals surface area contributed by atoms with E-state index in [4.69, 9.17) is 9.15 Å². The van der Waals surface area contributed by atoms with Crippen molar-refractivity contribution in [3.05, 3.63) is 131 Å². The number of hydrogen-bond donors (Lipinski definition) is 1. The molecule has 2 heterocycles. The number of rotatable bonds is 9. The first-order valence-electron chi connectivity index (χ1n) is 12.5. The zero-order valence-electron chi connectivity index (χ0n) is 21.7. The van der Waals surface area contributed by atoms with Crippen molar-refractivity contribution in [2.45, 2.75) is 39.3 Å². The summed E-state index contributed by atoms with van der Waals surface area (Å²) in [7, 11) is 0. The third kappa shape index (κ3) is 5.67. The lowest BCUT2D eigenvalue weighted by Crippen LogP contribution is -2.18. The van der Waals surface area contributed by atoms with Crippen LogP contribution < -0.4 is 10.1 Å². The zero-order valence-corrected chi connectivity index (χ0v) is 21.7. The highest BCUT2D eigenvalue weighted by atomic mass is 16.5. The van der Waals surface area contributed by atoms with E-state index in [0.717, 1.165) is 11.3 Å². The third-order valence-corrected chi connectivity index (χ3v) is 6.69. The number of amides is 1. The van der Waals surface area contributed by atoms with E-state index in [-0.39, 0.29) is 23.7 Å². The van der Waals surface area contributed by atoms with Gasteiger partial charge in [-0.05, 0) is 53.4 Å². The zero-order chi connectivity index (χ0) is 26.5. The van der Waals surface area contributed by atoms with E-state index in [1.807, 2.05) is 36.4 Å². The number of benzene rings is 3. The summed E-state index contributed by atoms with van der Waals surface area (Å²) in [6, 6.07) is 29.9. The molecule has 5 aromatic rings. The highest BCUT2D eigenvalue weighted by Gasteiger charge is 2.22. The Morgan fingerprint density at radius 3 is 2.39 bits per heavy atom. The molecule has 7 nitrogen and oxygen atoms in total. The topological polar surface area (TPSA) is 82.2 Å². The predicted octanol–water partition coefficient (Wildman–Crippen LogP) is 6.39. The van der Waals surface area contributed by atoms with E-state index in [1.54, 1.807) is 23.1 Å². The van der Waals surface area contributed by atoms with Crippen molar-refractivity contribution in [2.75, 3.05) is 5.32 Å². The van der Waals surface area contributed by atoms with Crippen molar-refractivity contribution in [2.24, 2.45) is 0 Å². The van der Waals surface area contributed by atoms with Crippen molar-refractivity contribution in [1.29, 1.82) is 0 Å². The number of aromatic nitrogens is 3. The van der Waals surface area contributed by atoms with E-state index < -0.39 is 5.91 Å². The molecule has 1 amide bonds. The minimum absolute atomic E-state index is 0.117. The van der Waals surface area contributed by atoms with Crippen molar-refractivity contribution < 1.29 is 13.9 Å². The summed E-state index contributed by atoms with van der Waals surface area (Å²) in [5.41, 5.74) is 4.64. The average Bonchev–Trinajstić information content (AvgIpc) is 3.59. The maximum absolute atomic E-state index is 12.6. The number of carbonyl (C=O) groups is 1. The monoisotopic (exact) mass is 506 g/mol. The average molecular weight is 507 g/mol. The number of aryl methyl sites for hydroxylation is 1. The van der Waals surface area contributed by atoms with Crippen LogP contribution in [0.3, 0.4) is 0 Å². The normalized spacial score (nSPS) is 11.3. The fourth-order valence-electron chi connectivity index (χ4n) is 4.27. The van der Waals surface area contributed by atoms with Gasteiger partial charge in [0.25, 0.3) is 5.91 Å². The van der Waals surface area contributed by atoms with Crippen molar-refractivity contribution in [1.82, 2.24) is 14.8 Å². The van der Waals surface area contributed by atoms with Gasteiger partial charge in [-0.2, -0.15) is 0 Å². The Bertz CT molecular complexity index is 1520. The summed E-state index contributed by atoms with van der Waals surface area (Å²) in [5.74, 6) is 1.23. The molecule has 0 fully saturated rings. The van der Waals surface area contributed by atoms with Crippen LogP contribution in [-0.4, -0.2) is 20.7 Å². The molecule has 1 N–H and O–H groups in total. The summed E-state index contributed by atoms with van der Waals surface area (Å²) in [6.45, 7) is 7.24. The Labute approximate surface area is 222 Å². The molecule has 192 valence electrons. The molecule has 38 heavy (non-hydrogen) atoms. The summed E-state index contributed by atoms with van der Waals surface area (Å²) in [5, 5.41) is 7.03. The summed E-state index contributed by atoms with van der Waals surface area (Å²) >= 11 is 0. The Kier molecular flexibility index (Phi) is 7.09. The largest absolute Gasteiger partial charge is 0.486 e. The van der Waals surface area contributed by atoms with Gasteiger partial charge in [0.15, 0.2) is 5.76 Å². The van der Waals surface area contributed by atoms with Gasteiger partial charge in [-0.1, -0.05) is 80.6 Å². The number of nitrogens with one attached hydrogen (secondary N) is 1. The molecule has 0 saturated heterocycles. The molecular weight excluding hydrogens is 476 g/mol. The van der Waals surface area contributed by atoms with Crippen molar-refractivity contribution in [3.63, 3.8) is 0 Å². The third-order valence-electron chi connectivity index (χ3n) is 6.69. The predicted molar refractivity (Wildman–Crippen MR) is 146 cm³/mol. The molecule has 0 spiro atoms. The molecule has 0 unspecified atom stereocenters. The molecule has 2 aromatic heterocycles. The molecule has 0 aliphatic carbocycles. The second-order valence-corrected chi connectivity index (χ2v) is 9.72. The van der Waals surface area contributed by atoms with Gasteiger partial charge in [-0.3, -0.25) is 10.1 Å². The number of nitrogens with zero attached hydrogens (tertiary/aromatic N) is 3. The summed E-state index contributed by atoms with van der Waals surface area (Å²) in [4.78, 5) is 16.8. The molecule has 5 rings (SSSR count). The van der Waals surface area contributed by atoms with Crippen LogP contribution in [0.4, 0.5) is 5.95 Å². The molecule has 0 aliphatic heterocycles. The SMILES string of the molecule is Cc1ccccc1Cn1cnc(NC(=O)c2ccc(COc3ccc(C(C)(C)c4ccccc4)cc3)o2)n1. The first-order valence-corrected chi connectivity index (χ1v) is 12.5. The maximum Gasteiger partial charge on any atom is 0.293 e. The van der Waals surface area contributed by atoms with Crippen LogP contribution in [0, 0.1) is 6.92 Å². The number of anilines is 1.